The molecule has 1 fully saturated rings. The molecule has 82 valence electrons. The normalized spacial score (nSPS) is 15.3. The van der Waals surface area contributed by atoms with Crippen LogP contribution in [0.4, 0.5) is 0 Å². The van der Waals surface area contributed by atoms with Crippen LogP contribution in [0.1, 0.15) is 18.5 Å². The van der Waals surface area contributed by atoms with Gasteiger partial charge in [0.2, 0.25) is 0 Å². The molecule has 2 aromatic rings. The highest BCUT2D eigenvalue weighted by Crippen LogP contribution is 2.31. The predicted octanol–water partition coefficient (Wildman–Crippen LogP) is 2.45. The van der Waals surface area contributed by atoms with E-state index in [0.717, 1.165) is 23.9 Å². The summed E-state index contributed by atoms with van der Waals surface area (Å²) in [7, 11) is 0. The summed E-state index contributed by atoms with van der Waals surface area (Å²) in [6.07, 6.45) is 1.90. The molecule has 1 saturated carbocycles. The summed E-state index contributed by atoms with van der Waals surface area (Å²) in [5.41, 5.74) is 1.52. The number of nitrogens with zero attached hydrogens (tertiary/aromatic N) is 1. The van der Waals surface area contributed by atoms with Crippen LogP contribution in [-0.2, 0) is 4.79 Å². The second-order valence-corrected chi connectivity index (χ2v) is 4.12. The van der Waals surface area contributed by atoms with Gasteiger partial charge in [0.25, 0.3) is 0 Å². The molecule has 3 rings (SSSR count). The van der Waals surface area contributed by atoms with Crippen molar-refractivity contribution in [3.63, 3.8) is 0 Å². The molecule has 0 unspecified atom stereocenters. The zero-order chi connectivity index (χ0) is 11.1. The Kier molecular flexibility index (Phi) is 1.96. The molecule has 0 bridgehead atoms. The van der Waals surface area contributed by atoms with Gasteiger partial charge in [-0.3, -0.25) is 4.79 Å². The largest absolute Gasteiger partial charge is 0.426 e. The van der Waals surface area contributed by atoms with Gasteiger partial charge < -0.3 is 9.26 Å². The molecule has 1 aliphatic rings. The first-order valence-electron chi connectivity index (χ1n) is 5.32. The maximum atomic E-state index is 11.5. The van der Waals surface area contributed by atoms with E-state index in [9.17, 15) is 4.79 Å². The average Bonchev–Trinajstić information content (AvgIpc) is 3.06. The van der Waals surface area contributed by atoms with Crippen molar-refractivity contribution < 1.29 is 14.1 Å². The molecular formula is C12H11NO3. The lowest BCUT2D eigenvalue weighted by molar-refractivity contribution is -0.135. The number of aromatic nitrogens is 1. The maximum absolute atomic E-state index is 11.5. The number of benzene rings is 1. The molecule has 1 aromatic carbocycles. The van der Waals surface area contributed by atoms with Gasteiger partial charge in [-0.2, -0.15) is 0 Å². The van der Waals surface area contributed by atoms with Gasteiger partial charge in [0.05, 0.1) is 11.6 Å². The molecule has 4 nitrogen and oxygen atoms in total. The second kappa shape index (κ2) is 3.33. The molecule has 0 amide bonds. The van der Waals surface area contributed by atoms with E-state index in [-0.39, 0.29) is 11.9 Å². The van der Waals surface area contributed by atoms with Crippen LogP contribution in [0.3, 0.4) is 0 Å². The number of hydrogen-bond acceptors (Lipinski definition) is 4. The Labute approximate surface area is 92.2 Å². The van der Waals surface area contributed by atoms with Crippen molar-refractivity contribution in [1.29, 1.82) is 0 Å². The van der Waals surface area contributed by atoms with E-state index < -0.39 is 0 Å². The Bertz CT molecular complexity index is 554. The summed E-state index contributed by atoms with van der Waals surface area (Å²) in [5, 5.41) is 4.74. The van der Waals surface area contributed by atoms with Crippen molar-refractivity contribution in [2.45, 2.75) is 19.8 Å². The molecule has 16 heavy (non-hydrogen) atoms. The third-order valence-electron chi connectivity index (χ3n) is 2.75. The minimum atomic E-state index is -0.131. The van der Waals surface area contributed by atoms with Gasteiger partial charge in [-0.1, -0.05) is 5.16 Å². The van der Waals surface area contributed by atoms with Crippen LogP contribution >= 0.6 is 0 Å². The Morgan fingerprint density at radius 1 is 1.50 bits per heavy atom. The minimum Gasteiger partial charge on any atom is -0.426 e. The van der Waals surface area contributed by atoms with Crippen LogP contribution in [0.15, 0.2) is 22.7 Å². The Morgan fingerprint density at radius 3 is 3.06 bits per heavy atom. The predicted molar refractivity (Wildman–Crippen MR) is 57.1 cm³/mol. The highest BCUT2D eigenvalue weighted by molar-refractivity contribution is 5.83. The molecular weight excluding hydrogens is 206 g/mol. The van der Waals surface area contributed by atoms with Crippen molar-refractivity contribution in [3.8, 4) is 5.75 Å². The van der Waals surface area contributed by atoms with Gasteiger partial charge >= 0.3 is 5.97 Å². The first kappa shape index (κ1) is 9.39. The van der Waals surface area contributed by atoms with Crippen molar-refractivity contribution in [1.82, 2.24) is 5.16 Å². The first-order valence-corrected chi connectivity index (χ1v) is 5.32. The number of carbonyl (C=O) groups excluding carboxylic acids is 1. The van der Waals surface area contributed by atoms with E-state index in [1.807, 2.05) is 6.92 Å². The molecule has 1 aromatic heterocycles. The number of rotatable bonds is 2. The highest BCUT2D eigenvalue weighted by atomic mass is 16.5. The number of fused-ring (bicyclic) bond motifs is 1. The quantitative estimate of drug-likeness (QED) is 0.572. The van der Waals surface area contributed by atoms with Crippen LogP contribution in [0.2, 0.25) is 0 Å². The molecule has 0 aliphatic heterocycles. The number of hydrogen-bond donors (Lipinski definition) is 0. The van der Waals surface area contributed by atoms with Gasteiger partial charge in [-0.25, -0.2) is 0 Å². The average molecular weight is 217 g/mol. The van der Waals surface area contributed by atoms with Crippen molar-refractivity contribution in [3.05, 3.63) is 23.9 Å². The van der Waals surface area contributed by atoms with Crippen LogP contribution < -0.4 is 4.74 Å². The van der Waals surface area contributed by atoms with Crippen LogP contribution in [0, 0.1) is 12.8 Å². The first-order chi connectivity index (χ1) is 7.74. The second-order valence-electron chi connectivity index (χ2n) is 4.12. The van der Waals surface area contributed by atoms with E-state index in [1.54, 1.807) is 18.2 Å². The van der Waals surface area contributed by atoms with Gasteiger partial charge in [-0.15, -0.1) is 0 Å². The van der Waals surface area contributed by atoms with Crippen LogP contribution in [0.25, 0.3) is 11.0 Å². The summed E-state index contributed by atoms with van der Waals surface area (Å²) in [4.78, 5) is 11.5. The zero-order valence-electron chi connectivity index (χ0n) is 8.90. The number of carbonyl (C=O) groups is 1. The maximum Gasteiger partial charge on any atom is 0.314 e. The van der Waals surface area contributed by atoms with E-state index >= 15 is 0 Å². The third-order valence-corrected chi connectivity index (χ3v) is 2.75. The van der Waals surface area contributed by atoms with Gasteiger partial charge in [0.1, 0.15) is 5.75 Å². The minimum absolute atomic E-state index is 0.110. The van der Waals surface area contributed by atoms with Crippen molar-refractivity contribution in [2.24, 2.45) is 5.92 Å². The Balaban J connectivity index is 1.91. The summed E-state index contributed by atoms with van der Waals surface area (Å²) >= 11 is 0. The van der Waals surface area contributed by atoms with E-state index in [2.05, 4.69) is 5.16 Å². The SMILES string of the molecule is Cc1noc2ccc(OC(=O)C3CC3)cc12. The lowest BCUT2D eigenvalue weighted by Gasteiger charge is -2.02. The fourth-order valence-corrected chi connectivity index (χ4v) is 1.62. The third kappa shape index (κ3) is 1.56. The zero-order valence-corrected chi connectivity index (χ0v) is 8.90. The summed E-state index contributed by atoms with van der Waals surface area (Å²) in [5.74, 6) is 0.545. The number of esters is 1. The van der Waals surface area contributed by atoms with Gasteiger partial charge in [-0.05, 0) is 38.0 Å². The number of aryl methyl sites for hydroxylation is 1. The number of ether oxygens (including phenoxy) is 1. The molecule has 0 spiro atoms. The lowest BCUT2D eigenvalue weighted by atomic mass is 10.2. The van der Waals surface area contributed by atoms with Crippen LogP contribution in [0.5, 0.6) is 5.75 Å². The van der Waals surface area contributed by atoms with E-state index in [0.29, 0.717) is 11.3 Å². The van der Waals surface area contributed by atoms with Gasteiger partial charge in [0, 0.05) is 5.39 Å². The fourth-order valence-electron chi connectivity index (χ4n) is 1.62. The smallest absolute Gasteiger partial charge is 0.314 e. The molecule has 0 saturated heterocycles. The van der Waals surface area contributed by atoms with Gasteiger partial charge in [0.15, 0.2) is 5.58 Å². The summed E-state index contributed by atoms with van der Waals surface area (Å²) < 4.78 is 10.3. The van der Waals surface area contributed by atoms with Crippen LogP contribution in [-0.4, -0.2) is 11.1 Å². The molecule has 0 atom stereocenters. The lowest BCUT2D eigenvalue weighted by Crippen LogP contribution is -2.09. The Hall–Kier alpha value is -1.84. The summed E-state index contributed by atoms with van der Waals surface area (Å²) in [6, 6.07) is 5.29. The molecule has 0 radical (unpaired) electrons. The standard InChI is InChI=1S/C12H11NO3/c1-7-10-6-9(4-5-11(10)16-13-7)15-12(14)8-2-3-8/h4-6,8H,2-3H2,1H3. The van der Waals surface area contributed by atoms with E-state index in [4.69, 9.17) is 9.26 Å². The molecule has 1 heterocycles. The topological polar surface area (TPSA) is 52.3 Å². The van der Waals surface area contributed by atoms with E-state index in [1.165, 1.54) is 0 Å². The molecule has 1 aliphatic carbocycles. The van der Waals surface area contributed by atoms with Crippen molar-refractivity contribution >= 4 is 16.9 Å². The molecule has 0 N–H and O–H groups in total. The monoisotopic (exact) mass is 217 g/mol. The summed E-state index contributed by atoms with van der Waals surface area (Å²) in [6.45, 7) is 1.86. The van der Waals surface area contributed by atoms with Crippen molar-refractivity contribution in [2.75, 3.05) is 0 Å². The highest BCUT2D eigenvalue weighted by Gasteiger charge is 2.31. The molecule has 4 heteroatoms. The fraction of sp³-hybridized carbons (Fsp3) is 0.333. The Morgan fingerprint density at radius 2 is 2.31 bits per heavy atom.